The van der Waals surface area contributed by atoms with Gasteiger partial charge in [0.05, 0.1) is 0 Å². The molecular formula is C17H14N4. The quantitative estimate of drug-likeness (QED) is 0.850. The summed E-state index contributed by atoms with van der Waals surface area (Å²) in [6.45, 7) is 0. The van der Waals surface area contributed by atoms with E-state index in [0.717, 1.165) is 24.2 Å². The maximum atomic E-state index is 8.68. The Hall–Kier alpha value is -3.11. The Balaban J connectivity index is 2.00. The molecule has 0 spiro atoms. The van der Waals surface area contributed by atoms with E-state index >= 15 is 0 Å². The molecule has 21 heavy (non-hydrogen) atoms. The predicted molar refractivity (Wildman–Crippen MR) is 81.0 cm³/mol. The van der Waals surface area contributed by atoms with E-state index in [1.165, 1.54) is 11.8 Å². The van der Waals surface area contributed by atoms with Crippen molar-refractivity contribution in [2.24, 2.45) is 0 Å². The smallest absolute Gasteiger partial charge is 0.145 e. The molecule has 0 saturated heterocycles. The highest BCUT2D eigenvalue weighted by Gasteiger charge is 1.98. The standard InChI is InChI=1S/C17H14N4/c18-11-15(12-19)13-21-17-6-3-4-14(10-17)7-8-16-5-1-2-9-20-16/h1-6,9-10,13,21H,7-8H2. The van der Waals surface area contributed by atoms with Crippen LogP contribution in [0.4, 0.5) is 5.69 Å². The van der Waals surface area contributed by atoms with Crippen molar-refractivity contribution in [1.29, 1.82) is 10.5 Å². The van der Waals surface area contributed by atoms with E-state index in [-0.39, 0.29) is 5.57 Å². The molecule has 4 nitrogen and oxygen atoms in total. The van der Waals surface area contributed by atoms with Crippen molar-refractivity contribution in [2.75, 3.05) is 5.32 Å². The summed E-state index contributed by atoms with van der Waals surface area (Å²) in [7, 11) is 0. The number of benzene rings is 1. The van der Waals surface area contributed by atoms with Crippen molar-refractivity contribution < 1.29 is 0 Å². The number of anilines is 1. The Bertz CT molecular complexity index is 690. The minimum Gasteiger partial charge on any atom is -0.360 e. The molecule has 0 amide bonds. The Kier molecular flexibility index (Phi) is 5.09. The SMILES string of the molecule is N#CC(C#N)=CNc1cccc(CCc2ccccn2)c1. The summed E-state index contributed by atoms with van der Waals surface area (Å²) in [5.74, 6) is 0. The number of pyridine rings is 1. The lowest BCUT2D eigenvalue weighted by atomic mass is 10.1. The summed E-state index contributed by atoms with van der Waals surface area (Å²) >= 11 is 0. The van der Waals surface area contributed by atoms with Crippen LogP contribution in [0, 0.1) is 22.7 Å². The van der Waals surface area contributed by atoms with Crippen molar-refractivity contribution in [2.45, 2.75) is 12.8 Å². The molecule has 1 N–H and O–H groups in total. The van der Waals surface area contributed by atoms with Crippen molar-refractivity contribution in [3.05, 3.63) is 71.7 Å². The van der Waals surface area contributed by atoms with Crippen LogP contribution in [-0.4, -0.2) is 4.98 Å². The van der Waals surface area contributed by atoms with Gasteiger partial charge in [0.2, 0.25) is 0 Å². The Morgan fingerprint density at radius 1 is 1.10 bits per heavy atom. The van der Waals surface area contributed by atoms with Crippen LogP contribution in [0.2, 0.25) is 0 Å². The van der Waals surface area contributed by atoms with Gasteiger partial charge in [-0.05, 0) is 42.7 Å². The number of aryl methyl sites for hydroxylation is 2. The van der Waals surface area contributed by atoms with Gasteiger partial charge in [-0.3, -0.25) is 4.98 Å². The zero-order chi connectivity index (χ0) is 14.9. The molecule has 0 radical (unpaired) electrons. The first-order valence-corrected chi connectivity index (χ1v) is 6.57. The van der Waals surface area contributed by atoms with Crippen LogP contribution in [0.3, 0.4) is 0 Å². The van der Waals surface area contributed by atoms with Crippen LogP contribution in [0.5, 0.6) is 0 Å². The number of rotatable bonds is 5. The molecule has 0 unspecified atom stereocenters. The zero-order valence-electron chi connectivity index (χ0n) is 11.5. The lowest BCUT2D eigenvalue weighted by Crippen LogP contribution is -1.95. The van der Waals surface area contributed by atoms with Gasteiger partial charge < -0.3 is 5.32 Å². The van der Waals surface area contributed by atoms with E-state index in [2.05, 4.69) is 10.3 Å². The third kappa shape index (κ3) is 4.49. The fraction of sp³-hybridized carbons (Fsp3) is 0.118. The molecule has 0 bridgehead atoms. The zero-order valence-corrected chi connectivity index (χ0v) is 11.5. The maximum Gasteiger partial charge on any atom is 0.145 e. The van der Waals surface area contributed by atoms with Crippen LogP contribution in [0.15, 0.2) is 60.4 Å². The lowest BCUT2D eigenvalue weighted by Gasteiger charge is -2.05. The molecule has 1 heterocycles. The highest BCUT2D eigenvalue weighted by molar-refractivity contribution is 5.50. The minimum atomic E-state index is 0.0499. The van der Waals surface area contributed by atoms with Crippen LogP contribution in [-0.2, 0) is 12.8 Å². The molecule has 2 rings (SSSR count). The highest BCUT2D eigenvalue weighted by atomic mass is 14.8. The molecule has 0 saturated carbocycles. The van der Waals surface area contributed by atoms with Crippen molar-refractivity contribution in [3.8, 4) is 12.1 Å². The molecule has 0 aliphatic rings. The van der Waals surface area contributed by atoms with Crippen LogP contribution in [0.1, 0.15) is 11.3 Å². The highest BCUT2D eigenvalue weighted by Crippen LogP contribution is 2.13. The first-order valence-electron chi connectivity index (χ1n) is 6.57. The number of hydrogen-bond acceptors (Lipinski definition) is 4. The Morgan fingerprint density at radius 2 is 1.95 bits per heavy atom. The average Bonchev–Trinajstić information content (AvgIpc) is 2.55. The van der Waals surface area contributed by atoms with E-state index < -0.39 is 0 Å². The van der Waals surface area contributed by atoms with E-state index in [9.17, 15) is 0 Å². The minimum absolute atomic E-state index is 0.0499. The second-order valence-corrected chi connectivity index (χ2v) is 4.45. The summed E-state index contributed by atoms with van der Waals surface area (Å²) in [6.07, 6.45) is 4.97. The number of allylic oxidation sites excluding steroid dienone is 1. The molecule has 1 aromatic heterocycles. The summed E-state index contributed by atoms with van der Waals surface area (Å²) in [6, 6.07) is 17.4. The fourth-order valence-electron chi connectivity index (χ4n) is 1.88. The molecule has 0 atom stereocenters. The van der Waals surface area contributed by atoms with Gasteiger partial charge in [0, 0.05) is 23.8 Å². The molecule has 0 fully saturated rings. The first-order chi connectivity index (χ1) is 10.3. The molecule has 0 aliphatic heterocycles. The third-order valence-electron chi connectivity index (χ3n) is 2.95. The molecule has 102 valence electrons. The first kappa shape index (κ1) is 14.3. The fourth-order valence-corrected chi connectivity index (χ4v) is 1.88. The van der Waals surface area contributed by atoms with Crippen LogP contribution >= 0.6 is 0 Å². The van der Waals surface area contributed by atoms with Gasteiger partial charge >= 0.3 is 0 Å². The maximum absolute atomic E-state index is 8.68. The molecule has 4 heteroatoms. The van der Waals surface area contributed by atoms with Gasteiger partial charge in [-0.1, -0.05) is 18.2 Å². The Labute approximate surface area is 124 Å². The van der Waals surface area contributed by atoms with Crippen LogP contribution < -0.4 is 5.32 Å². The summed E-state index contributed by atoms with van der Waals surface area (Å²) in [4.78, 5) is 4.30. The third-order valence-corrected chi connectivity index (χ3v) is 2.95. The van der Waals surface area contributed by atoms with E-state index in [4.69, 9.17) is 10.5 Å². The predicted octanol–water partition coefficient (Wildman–Crippen LogP) is 3.21. The van der Waals surface area contributed by atoms with E-state index in [0.29, 0.717) is 0 Å². The number of nitrogens with one attached hydrogen (secondary N) is 1. The van der Waals surface area contributed by atoms with Crippen LogP contribution in [0.25, 0.3) is 0 Å². The lowest BCUT2D eigenvalue weighted by molar-refractivity contribution is 0.914. The number of nitriles is 2. The average molecular weight is 274 g/mol. The van der Waals surface area contributed by atoms with Gasteiger partial charge in [0.15, 0.2) is 0 Å². The monoisotopic (exact) mass is 274 g/mol. The Morgan fingerprint density at radius 3 is 2.67 bits per heavy atom. The van der Waals surface area contributed by atoms with Crippen molar-refractivity contribution in [3.63, 3.8) is 0 Å². The second kappa shape index (κ2) is 7.47. The summed E-state index contributed by atoms with van der Waals surface area (Å²) in [5, 5.41) is 20.3. The molecule has 1 aromatic carbocycles. The second-order valence-electron chi connectivity index (χ2n) is 4.45. The normalized spacial score (nSPS) is 9.24. The molecule has 0 aliphatic carbocycles. The number of nitrogens with zero attached hydrogens (tertiary/aromatic N) is 3. The number of hydrogen-bond donors (Lipinski definition) is 1. The van der Waals surface area contributed by atoms with Gasteiger partial charge in [0.25, 0.3) is 0 Å². The van der Waals surface area contributed by atoms with Gasteiger partial charge in [-0.15, -0.1) is 0 Å². The van der Waals surface area contributed by atoms with Crippen molar-refractivity contribution >= 4 is 5.69 Å². The van der Waals surface area contributed by atoms with Crippen molar-refractivity contribution in [1.82, 2.24) is 4.98 Å². The van der Waals surface area contributed by atoms with E-state index in [1.54, 1.807) is 6.20 Å². The number of aromatic nitrogens is 1. The topological polar surface area (TPSA) is 72.5 Å². The summed E-state index contributed by atoms with van der Waals surface area (Å²) < 4.78 is 0. The molecular weight excluding hydrogens is 260 g/mol. The van der Waals surface area contributed by atoms with Gasteiger partial charge in [0.1, 0.15) is 17.7 Å². The van der Waals surface area contributed by atoms with Gasteiger partial charge in [-0.2, -0.15) is 10.5 Å². The summed E-state index contributed by atoms with van der Waals surface area (Å²) in [5.41, 5.74) is 3.15. The van der Waals surface area contributed by atoms with E-state index in [1.807, 2.05) is 54.6 Å². The molecule has 2 aromatic rings. The van der Waals surface area contributed by atoms with Gasteiger partial charge in [-0.25, -0.2) is 0 Å². The largest absolute Gasteiger partial charge is 0.360 e.